The van der Waals surface area contributed by atoms with Crippen LogP contribution in [0.5, 0.6) is 5.75 Å². The van der Waals surface area contributed by atoms with Crippen LogP contribution in [0.3, 0.4) is 0 Å². The van der Waals surface area contributed by atoms with Gasteiger partial charge in [-0.25, -0.2) is 8.42 Å². The van der Waals surface area contributed by atoms with Crippen LogP contribution in [0.4, 0.5) is 5.69 Å². The van der Waals surface area contributed by atoms with E-state index in [2.05, 4.69) is 5.32 Å². The zero-order valence-corrected chi connectivity index (χ0v) is 23.6. The van der Waals surface area contributed by atoms with Crippen molar-refractivity contribution in [1.82, 2.24) is 10.2 Å². The topological polar surface area (TPSA) is 96.0 Å². The number of amides is 2. The molecule has 0 spiro atoms. The Hall–Kier alpha value is -2.78. The minimum absolute atomic E-state index is 0.0745. The van der Waals surface area contributed by atoms with Crippen LogP contribution in [-0.4, -0.2) is 57.1 Å². The van der Waals surface area contributed by atoms with E-state index in [-0.39, 0.29) is 37.7 Å². The van der Waals surface area contributed by atoms with Gasteiger partial charge >= 0.3 is 0 Å². The van der Waals surface area contributed by atoms with Crippen LogP contribution in [0.2, 0.25) is 5.02 Å². The number of halogens is 1. The van der Waals surface area contributed by atoms with Gasteiger partial charge in [0.15, 0.2) is 0 Å². The number of hydrogen-bond donors (Lipinski definition) is 1. The number of carbonyl (C=O) groups is 2. The number of nitrogens with zero attached hydrogens (tertiary/aromatic N) is 2. The SMILES string of the molecule is CCCNC(=O)C(CC)N(Cc1ccccc1Cl)C(=O)CCCN(c1ccc(OCC)cc1)S(C)(=O)=O. The molecule has 0 radical (unpaired) electrons. The zero-order chi connectivity index (χ0) is 27.4. The molecule has 2 amide bonds. The molecule has 2 rings (SSSR count). The Labute approximate surface area is 226 Å². The van der Waals surface area contributed by atoms with Gasteiger partial charge in [-0.1, -0.05) is 43.6 Å². The molecule has 1 atom stereocenters. The molecule has 0 bridgehead atoms. The third kappa shape index (κ3) is 9.23. The van der Waals surface area contributed by atoms with Crippen molar-refractivity contribution in [2.75, 3.05) is 30.3 Å². The first kappa shape index (κ1) is 30.4. The summed E-state index contributed by atoms with van der Waals surface area (Å²) in [6.45, 7) is 7.04. The maximum Gasteiger partial charge on any atom is 0.242 e. The van der Waals surface area contributed by atoms with Crippen LogP contribution >= 0.6 is 11.6 Å². The molecule has 0 aliphatic carbocycles. The summed E-state index contributed by atoms with van der Waals surface area (Å²) in [5, 5.41) is 3.40. The van der Waals surface area contributed by atoms with Crippen molar-refractivity contribution in [1.29, 1.82) is 0 Å². The molecule has 0 saturated heterocycles. The summed E-state index contributed by atoms with van der Waals surface area (Å²) in [4.78, 5) is 27.9. The summed E-state index contributed by atoms with van der Waals surface area (Å²) in [5.41, 5.74) is 1.24. The van der Waals surface area contributed by atoms with Gasteiger partial charge in [0.25, 0.3) is 0 Å². The Morgan fingerprint density at radius 1 is 1.05 bits per heavy atom. The van der Waals surface area contributed by atoms with Crippen LogP contribution < -0.4 is 14.4 Å². The van der Waals surface area contributed by atoms with E-state index < -0.39 is 16.1 Å². The van der Waals surface area contributed by atoms with Gasteiger partial charge in [-0.2, -0.15) is 0 Å². The average molecular weight is 552 g/mol. The van der Waals surface area contributed by atoms with Crippen molar-refractivity contribution in [2.45, 2.75) is 59.0 Å². The molecule has 0 fully saturated rings. The molecule has 0 heterocycles. The number of nitrogens with one attached hydrogen (secondary N) is 1. The lowest BCUT2D eigenvalue weighted by atomic mass is 10.1. The molecular formula is C27H38ClN3O5S. The number of hydrogen-bond acceptors (Lipinski definition) is 5. The second-order valence-corrected chi connectivity index (χ2v) is 11.0. The van der Waals surface area contributed by atoms with Crippen LogP contribution in [-0.2, 0) is 26.2 Å². The quantitative estimate of drug-likeness (QED) is 0.348. The minimum atomic E-state index is -3.57. The number of benzene rings is 2. The van der Waals surface area contributed by atoms with Crippen LogP contribution in [0.1, 0.15) is 52.0 Å². The normalized spacial score (nSPS) is 12.0. The van der Waals surface area contributed by atoms with Crippen molar-refractivity contribution >= 4 is 39.1 Å². The molecule has 1 N–H and O–H groups in total. The van der Waals surface area contributed by atoms with E-state index in [0.29, 0.717) is 36.0 Å². The highest BCUT2D eigenvalue weighted by Gasteiger charge is 2.29. The number of rotatable bonds is 15. The van der Waals surface area contributed by atoms with E-state index in [1.165, 1.54) is 4.31 Å². The summed E-state index contributed by atoms with van der Waals surface area (Å²) in [5.74, 6) is 0.201. The minimum Gasteiger partial charge on any atom is -0.494 e. The fourth-order valence-electron chi connectivity index (χ4n) is 3.97. The second-order valence-electron chi connectivity index (χ2n) is 8.69. The van der Waals surface area contributed by atoms with Gasteiger partial charge in [-0.3, -0.25) is 13.9 Å². The predicted molar refractivity (Wildman–Crippen MR) is 148 cm³/mol. The lowest BCUT2D eigenvalue weighted by Crippen LogP contribution is -2.49. The molecule has 8 nitrogen and oxygen atoms in total. The summed E-state index contributed by atoms with van der Waals surface area (Å²) >= 11 is 6.36. The number of ether oxygens (including phenoxy) is 1. The first-order valence-corrected chi connectivity index (χ1v) is 14.9. The van der Waals surface area contributed by atoms with Crippen molar-refractivity contribution < 1.29 is 22.7 Å². The molecular weight excluding hydrogens is 514 g/mol. The standard InChI is InChI=1S/C27H38ClN3O5S/c1-5-18-29-27(33)25(6-2)30(20-21-11-8-9-12-24(21)28)26(32)13-10-19-31(37(4,34)35)22-14-16-23(17-15-22)36-7-3/h8-9,11-12,14-17,25H,5-7,10,13,18-20H2,1-4H3,(H,29,33). The van der Waals surface area contributed by atoms with Gasteiger partial charge < -0.3 is 15.0 Å². The Morgan fingerprint density at radius 3 is 2.30 bits per heavy atom. The maximum atomic E-state index is 13.4. The monoisotopic (exact) mass is 551 g/mol. The summed E-state index contributed by atoms with van der Waals surface area (Å²) in [6.07, 6.45) is 2.72. The molecule has 204 valence electrons. The molecule has 0 aliphatic rings. The van der Waals surface area contributed by atoms with E-state index >= 15 is 0 Å². The van der Waals surface area contributed by atoms with E-state index in [0.717, 1.165) is 18.2 Å². The Balaban J connectivity index is 2.20. The number of sulfonamides is 1. The third-order valence-corrected chi connectivity index (χ3v) is 7.38. The van der Waals surface area contributed by atoms with E-state index in [1.54, 1.807) is 35.2 Å². The summed E-state index contributed by atoms with van der Waals surface area (Å²) in [6, 6.07) is 13.4. The fraction of sp³-hybridized carbons (Fsp3) is 0.481. The number of carbonyl (C=O) groups excluding carboxylic acids is 2. The van der Waals surface area contributed by atoms with Crippen molar-refractivity contribution in [3.8, 4) is 5.75 Å². The highest BCUT2D eigenvalue weighted by molar-refractivity contribution is 7.92. The van der Waals surface area contributed by atoms with E-state index in [4.69, 9.17) is 16.3 Å². The van der Waals surface area contributed by atoms with Crippen LogP contribution in [0.25, 0.3) is 0 Å². The first-order chi connectivity index (χ1) is 17.6. The highest BCUT2D eigenvalue weighted by Crippen LogP contribution is 2.24. The molecule has 37 heavy (non-hydrogen) atoms. The highest BCUT2D eigenvalue weighted by atomic mass is 35.5. The molecule has 0 aromatic heterocycles. The third-order valence-electron chi connectivity index (χ3n) is 5.82. The molecule has 10 heteroatoms. The molecule has 0 saturated carbocycles. The van der Waals surface area contributed by atoms with Crippen LogP contribution in [0.15, 0.2) is 48.5 Å². The Morgan fingerprint density at radius 2 is 1.73 bits per heavy atom. The molecule has 0 aliphatic heterocycles. The smallest absolute Gasteiger partial charge is 0.242 e. The Bertz CT molecular complexity index is 1130. The summed E-state index contributed by atoms with van der Waals surface area (Å²) in [7, 11) is -3.57. The van der Waals surface area contributed by atoms with Crippen molar-refractivity contribution in [2.24, 2.45) is 0 Å². The van der Waals surface area contributed by atoms with Gasteiger partial charge in [-0.15, -0.1) is 0 Å². The van der Waals surface area contributed by atoms with E-state index in [9.17, 15) is 18.0 Å². The Kier molecular flexibility index (Phi) is 12.2. The predicted octanol–water partition coefficient (Wildman–Crippen LogP) is 4.62. The van der Waals surface area contributed by atoms with Crippen LogP contribution in [0, 0.1) is 0 Å². The lowest BCUT2D eigenvalue weighted by Gasteiger charge is -2.31. The number of anilines is 1. The zero-order valence-electron chi connectivity index (χ0n) is 22.1. The van der Waals surface area contributed by atoms with Gasteiger partial charge in [0.1, 0.15) is 11.8 Å². The summed E-state index contributed by atoms with van der Waals surface area (Å²) < 4.78 is 31.7. The van der Waals surface area contributed by atoms with E-state index in [1.807, 2.05) is 39.0 Å². The average Bonchev–Trinajstić information content (AvgIpc) is 2.86. The first-order valence-electron chi connectivity index (χ1n) is 12.6. The maximum absolute atomic E-state index is 13.4. The molecule has 2 aromatic carbocycles. The van der Waals surface area contributed by atoms with Gasteiger partial charge in [0.2, 0.25) is 21.8 Å². The van der Waals surface area contributed by atoms with Gasteiger partial charge in [0.05, 0.1) is 18.6 Å². The largest absolute Gasteiger partial charge is 0.494 e. The second kappa shape index (κ2) is 14.8. The molecule has 1 unspecified atom stereocenters. The fourth-order valence-corrected chi connectivity index (χ4v) is 5.14. The van der Waals surface area contributed by atoms with Crippen molar-refractivity contribution in [3.63, 3.8) is 0 Å². The van der Waals surface area contributed by atoms with Crippen molar-refractivity contribution in [3.05, 3.63) is 59.1 Å². The lowest BCUT2D eigenvalue weighted by molar-refractivity contribution is -0.141. The molecule has 2 aromatic rings. The van der Waals surface area contributed by atoms with Gasteiger partial charge in [0, 0.05) is 31.1 Å². The van der Waals surface area contributed by atoms with Gasteiger partial charge in [-0.05, 0) is 62.1 Å².